The molecule has 0 spiro atoms. The Kier molecular flexibility index (Phi) is 5.12. The van der Waals surface area contributed by atoms with Crippen LogP contribution in [0.15, 0.2) is 64.5 Å². The lowest BCUT2D eigenvalue weighted by Gasteiger charge is -2.36. The first-order valence-electron chi connectivity index (χ1n) is 8.93. The number of thioether (sulfide) groups is 1. The van der Waals surface area contributed by atoms with Gasteiger partial charge >= 0.3 is 0 Å². The van der Waals surface area contributed by atoms with Crippen molar-refractivity contribution in [3.8, 4) is 0 Å². The van der Waals surface area contributed by atoms with E-state index in [4.69, 9.17) is 0 Å². The van der Waals surface area contributed by atoms with Gasteiger partial charge in [0.25, 0.3) is 11.6 Å². The number of piperazine rings is 1. The number of aliphatic imine (C=N–C) groups is 1. The Morgan fingerprint density at radius 1 is 0.964 bits per heavy atom. The van der Waals surface area contributed by atoms with Gasteiger partial charge in [0.05, 0.1) is 9.83 Å². The van der Waals surface area contributed by atoms with Gasteiger partial charge in [0.15, 0.2) is 5.17 Å². The van der Waals surface area contributed by atoms with E-state index in [1.807, 2.05) is 47.4 Å². The van der Waals surface area contributed by atoms with Gasteiger partial charge in [0.1, 0.15) is 5.69 Å². The van der Waals surface area contributed by atoms with Crippen molar-refractivity contribution in [1.29, 1.82) is 0 Å². The molecule has 4 rings (SSSR count). The maximum absolute atomic E-state index is 12.2. The van der Waals surface area contributed by atoms with E-state index in [-0.39, 0.29) is 16.5 Å². The van der Waals surface area contributed by atoms with Crippen LogP contribution in [0.1, 0.15) is 5.56 Å². The summed E-state index contributed by atoms with van der Waals surface area (Å²) in [6, 6.07) is 16.5. The molecular weight excluding hydrogens is 376 g/mol. The molecule has 0 saturated carbocycles. The fraction of sp³-hybridized carbons (Fsp3) is 0.200. The number of para-hydroxylation sites is 2. The summed E-state index contributed by atoms with van der Waals surface area (Å²) in [5.74, 6) is -0.218. The van der Waals surface area contributed by atoms with E-state index >= 15 is 0 Å². The van der Waals surface area contributed by atoms with E-state index in [1.165, 1.54) is 17.8 Å². The number of anilines is 1. The number of amidine groups is 1. The van der Waals surface area contributed by atoms with Crippen LogP contribution in [0.5, 0.6) is 0 Å². The molecule has 2 heterocycles. The van der Waals surface area contributed by atoms with Gasteiger partial charge in [-0.1, -0.05) is 42.5 Å². The first-order chi connectivity index (χ1) is 13.6. The molecule has 2 aromatic carbocycles. The summed E-state index contributed by atoms with van der Waals surface area (Å²) in [7, 11) is 0. The number of rotatable bonds is 3. The molecule has 0 aliphatic carbocycles. The Hall–Kier alpha value is -3.13. The molecule has 8 heteroatoms. The monoisotopic (exact) mass is 394 g/mol. The molecule has 2 aromatic rings. The molecule has 7 nitrogen and oxygen atoms in total. The summed E-state index contributed by atoms with van der Waals surface area (Å²) in [6.45, 7) is 2.58. The quantitative estimate of drug-likeness (QED) is 0.451. The summed E-state index contributed by atoms with van der Waals surface area (Å²) < 4.78 is 0. The van der Waals surface area contributed by atoms with Crippen molar-refractivity contribution in [2.75, 3.05) is 31.1 Å². The van der Waals surface area contributed by atoms with Crippen LogP contribution in [0.2, 0.25) is 0 Å². The molecule has 28 heavy (non-hydrogen) atoms. The molecular formula is C20H18N4O3S. The van der Waals surface area contributed by atoms with E-state index < -0.39 is 0 Å². The topological polar surface area (TPSA) is 79.0 Å². The molecule has 0 N–H and O–H groups in total. The van der Waals surface area contributed by atoms with Crippen LogP contribution in [-0.2, 0) is 4.79 Å². The van der Waals surface area contributed by atoms with Crippen LogP contribution in [-0.4, -0.2) is 47.1 Å². The summed E-state index contributed by atoms with van der Waals surface area (Å²) in [5, 5.41) is 12.0. The van der Waals surface area contributed by atoms with Gasteiger partial charge in [-0.25, -0.2) is 0 Å². The molecule has 1 fully saturated rings. The molecule has 0 radical (unpaired) electrons. The molecule has 0 bridgehead atoms. The number of amides is 1. The largest absolute Gasteiger partial charge is 0.362 e. The fourth-order valence-corrected chi connectivity index (χ4v) is 4.22. The second-order valence-electron chi connectivity index (χ2n) is 6.44. The Labute approximate surface area is 166 Å². The Bertz CT molecular complexity index is 966. The number of carbonyl (C=O) groups is 1. The Balaban J connectivity index is 1.42. The maximum atomic E-state index is 12.2. The van der Waals surface area contributed by atoms with Gasteiger partial charge in [-0.15, -0.1) is 0 Å². The summed E-state index contributed by atoms with van der Waals surface area (Å²) >= 11 is 1.39. The van der Waals surface area contributed by atoms with Crippen molar-refractivity contribution < 1.29 is 9.72 Å². The smallest absolute Gasteiger partial charge is 0.292 e. The SMILES string of the molecule is O=C1N=C(N2CCN(c3ccccc3[N+](=O)[O-])CC2)S/C1=C/c1ccccc1. The second kappa shape index (κ2) is 7.85. The Morgan fingerprint density at radius 3 is 2.32 bits per heavy atom. The van der Waals surface area contributed by atoms with Gasteiger partial charge in [-0.2, -0.15) is 4.99 Å². The number of nitro groups is 1. The zero-order chi connectivity index (χ0) is 19.5. The third-order valence-electron chi connectivity index (χ3n) is 4.68. The predicted molar refractivity (Wildman–Crippen MR) is 111 cm³/mol. The minimum atomic E-state index is -0.349. The minimum absolute atomic E-state index is 0.117. The number of nitro benzene ring substituents is 1. The first kappa shape index (κ1) is 18.2. The average Bonchev–Trinajstić information content (AvgIpc) is 3.09. The first-order valence-corrected chi connectivity index (χ1v) is 9.74. The van der Waals surface area contributed by atoms with E-state index in [2.05, 4.69) is 9.89 Å². The number of carbonyl (C=O) groups excluding carboxylic acids is 1. The number of benzene rings is 2. The van der Waals surface area contributed by atoms with E-state index in [9.17, 15) is 14.9 Å². The van der Waals surface area contributed by atoms with Crippen LogP contribution < -0.4 is 4.90 Å². The zero-order valence-corrected chi connectivity index (χ0v) is 15.8. The minimum Gasteiger partial charge on any atom is -0.362 e. The van der Waals surface area contributed by atoms with Crippen LogP contribution in [0.25, 0.3) is 6.08 Å². The second-order valence-corrected chi connectivity index (χ2v) is 7.45. The Morgan fingerprint density at radius 2 is 1.61 bits per heavy atom. The molecule has 0 atom stereocenters. The highest BCUT2D eigenvalue weighted by Crippen LogP contribution is 2.32. The van der Waals surface area contributed by atoms with Crippen molar-refractivity contribution in [2.24, 2.45) is 4.99 Å². The van der Waals surface area contributed by atoms with Crippen LogP contribution in [0.4, 0.5) is 11.4 Å². The predicted octanol–water partition coefficient (Wildman–Crippen LogP) is 3.39. The molecule has 142 valence electrons. The number of hydrogen-bond donors (Lipinski definition) is 0. The van der Waals surface area contributed by atoms with Crippen molar-refractivity contribution in [2.45, 2.75) is 0 Å². The van der Waals surface area contributed by atoms with Crippen molar-refractivity contribution >= 4 is 40.3 Å². The van der Waals surface area contributed by atoms with Gasteiger partial charge in [-0.3, -0.25) is 14.9 Å². The molecule has 0 unspecified atom stereocenters. The lowest BCUT2D eigenvalue weighted by atomic mass is 10.2. The van der Waals surface area contributed by atoms with Crippen LogP contribution in [0, 0.1) is 10.1 Å². The molecule has 2 aliphatic rings. The third-order valence-corrected chi connectivity index (χ3v) is 5.72. The number of nitrogens with zero attached hydrogens (tertiary/aromatic N) is 4. The third kappa shape index (κ3) is 3.77. The van der Waals surface area contributed by atoms with Crippen molar-refractivity contribution in [3.05, 3.63) is 75.2 Å². The average molecular weight is 394 g/mol. The van der Waals surface area contributed by atoms with Crippen molar-refractivity contribution in [1.82, 2.24) is 4.90 Å². The maximum Gasteiger partial charge on any atom is 0.292 e. The van der Waals surface area contributed by atoms with Gasteiger partial charge in [0, 0.05) is 32.2 Å². The van der Waals surface area contributed by atoms with Crippen LogP contribution in [0.3, 0.4) is 0 Å². The van der Waals surface area contributed by atoms with Crippen molar-refractivity contribution in [3.63, 3.8) is 0 Å². The van der Waals surface area contributed by atoms with Crippen LogP contribution >= 0.6 is 11.8 Å². The van der Waals surface area contributed by atoms with Gasteiger partial charge < -0.3 is 9.80 Å². The lowest BCUT2D eigenvalue weighted by molar-refractivity contribution is -0.384. The highest BCUT2D eigenvalue weighted by Gasteiger charge is 2.29. The van der Waals surface area contributed by atoms with Gasteiger partial charge in [-0.05, 0) is 29.5 Å². The van der Waals surface area contributed by atoms with E-state index in [0.29, 0.717) is 41.9 Å². The molecule has 2 aliphatic heterocycles. The summed E-state index contributed by atoms with van der Waals surface area (Å²) in [4.78, 5) is 32.1. The molecule has 1 amide bonds. The highest BCUT2D eigenvalue weighted by atomic mass is 32.2. The van der Waals surface area contributed by atoms with E-state index in [1.54, 1.807) is 12.1 Å². The van der Waals surface area contributed by atoms with Gasteiger partial charge in [0.2, 0.25) is 0 Å². The number of hydrogen-bond acceptors (Lipinski definition) is 6. The fourth-order valence-electron chi connectivity index (χ4n) is 3.26. The molecule has 1 saturated heterocycles. The zero-order valence-electron chi connectivity index (χ0n) is 15.0. The standard InChI is InChI=1S/C20H18N4O3S/c25-19-18(14-15-6-2-1-3-7-15)28-20(21-19)23-12-10-22(11-13-23)16-8-4-5-9-17(16)24(26)27/h1-9,14H,10-13H2/b18-14+. The van der Waals surface area contributed by atoms with E-state index in [0.717, 1.165) is 5.56 Å². The highest BCUT2D eigenvalue weighted by molar-refractivity contribution is 8.18. The summed E-state index contributed by atoms with van der Waals surface area (Å²) in [5.41, 5.74) is 1.72. The lowest BCUT2D eigenvalue weighted by Crippen LogP contribution is -2.48. The summed E-state index contributed by atoms with van der Waals surface area (Å²) in [6.07, 6.45) is 1.85. The molecule has 0 aromatic heterocycles. The normalized spacial score (nSPS) is 18.5.